The van der Waals surface area contributed by atoms with Crippen LogP contribution in [0.15, 0.2) is 55.0 Å². The molecular formula is C20H23N7O2. The molecular weight excluding hydrogens is 370 g/mol. The summed E-state index contributed by atoms with van der Waals surface area (Å²) in [7, 11) is 0. The van der Waals surface area contributed by atoms with Gasteiger partial charge in [-0.25, -0.2) is 9.67 Å². The lowest BCUT2D eigenvalue weighted by atomic mass is 10.1. The van der Waals surface area contributed by atoms with E-state index in [-0.39, 0.29) is 5.91 Å². The first-order valence-corrected chi connectivity index (χ1v) is 9.62. The van der Waals surface area contributed by atoms with Crippen molar-refractivity contribution in [3.63, 3.8) is 0 Å². The van der Waals surface area contributed by atoms with E-state index in [1.54, 1.807) is 6.20 Å². The number of carbonyl (C=O) groups excluding carboxylic acids is 1. The Kier molecular flexibility index (Phi) is 6.06. The minimum absolute atomic E-state index is 0.141. The van der Waals surface area contributed by atoms with Gasteiger partial charge in [-0.1, -0.05) is 36.4 Å². The van der Waals surface area contributed by atoms with Gasteiger partial charge in [-0.2, -0.15) is 0 Å². The van der Waals surface area contributed by atoms with Gasteiger partial charge in [-0.15, -0.1) is 5.10 Å². The summed E-state index contributed by atoms with van der Waals surface area (Å²) in [6, 6.07) is 13.2. The van der Waals surface area contributed by atoms with Crippen molar-refractivity contribution in [1.82, 2.24) is 30.5 Å². The van der Waals surface area contributed by atoms with Gasteiger partial charge in [0.15, 0.2) is 0 Å². The van der Waals surface area contributed by atoms with E-state index in [0.717, 1.165) is 30.0 Å². The first-order valence-electron chi connectivity index (χ1n) is 9.62. The summed E-state index contributed by atoms with van der Waals surface area (Å²) in [5.74, 6) is 0.746. The number of ether oxygens (including phenoxy) is 1. The molecule has 1 aliphatic heterocycles. The number of nitrogens with zero attached hydrogens (tertiary/aromatic N) is 6. The van der Waals surface area contributed by atoms with Crippen LogP contribution in [0, 0.1) is 0 Å². The number of benzene rings is 1. The smallest absolute Gasteiger partial charge is 0.245 e. The van der Waals surface area contributed by atoms with Crippen molar-refractivity contribution in [1.29, 1.82) is 0 Å². The second kappa shape index (κ2) is 9.24. The van der Waals surface area contributed by atoms with Crippen molar-refractivity contribution in [3.8, 4) is 0 Å². The highest BCUT2D eigenvalue weighted by Gasteiger charge is 2.23. The van der Waals surface area contributed by atoms with Gasteiger partial charge in [0.05, 0.1) is 13.2 Å². The van der Waals surface area contributed by atoms with Gasteiger partial charge in [-0.3, -0.25) is 4.79 Å². The number of hydrogen-bond acceptors (Lipinski definition) is 7. The number of rotatable bonds is 7. The fourth-order valence-corrected chi connectivity index (χ4v) is 3.38. The third-order valence-electron chi connectivity index (χ3n) is 4.89. The lowest BCUT2D eigenvalue weighted by Gasteiger charge is -2.29. The Hall–Kier alpha value is -3.33. The molecule has 1 aromatic carbocycles. The number of morpholine rings is 1. The lowest BCUT2D eigenvalue weighted by Crippen LogP contribution is -2.38. The van der Waals surface area contributed by atoms with Gasteiger partial charge in [0, 0.05) is 37.8 Å². The molecule has 1 aliphatic rings. The maximum atomic E-state index is 13.0. The highest BCUT2D eigenvalue weighted by atomic mass is 16.5. The maximum absolute atomic E-state index is 13.0. The van der Waals surface area contributed by atoms with E-state index in [1.165, 1.54) is 11.0 Å². The monoisotopic (exact) mass is 393 g/mol. The molecule has 3 aromatic rings. The van der Waals surface area contributed by atoms with Crippen LogP contribution in [0.3, 0.4) is 0 Å². The highest BCUT2D eigenvalue weighted by Crippen LogP contribution is 2.19. The summed E-state index contributed by atoms with van der Waals surface area (Å²) in [6.07, 6.45) is 3.74. The first-order chi connectivity index (χ1) is 14.3. The summed E-state index contributed by atoms with van der Waals surface area (Å²) < 4.78 is 6.92. The zero-order valence-electron chi connectivity index (χ0n) is 16.0. The van der Waals surface area contributed by atoms with Crippen molar-refractivity contribution >= 4 is 11.7 Å². The molecule has 9 nitrogen and oxygen atoms in total. The van der Waals surface area contributed by atoms with E-state index in [1.807, 2.05) is 42.5 Å². The Morgan fingerprint density at radius 3 is 2.72 bits per heavy atom. The van der Waals surface area contributed by atoms with Crippen molar-refractivity contribution in [2.45, 2.75) is 19.0 Å². The summed E-state index contributed by atoms with van der Waals surface area (Å²) in [5, 5.41) is 14.3. The summed E-state index contributed by atoms with van der Waals surface area (Å²) >= 11 is 0. The number of nitrogens with one attached hydrogen (secondary N) is 1. The number of pyridine rings is 1. The van der Waals surface area contributed by atoms with Crippen LogP contribution < -0.4 is 10.2 Å². The Balaban J connectivity index is 1.47. The Morgan fingerprint density at radius 1 is 1.14 bits per heavy atom. The molecule has 2 aromatic heterocycles. The minimum Gasteiger partial charge on any atom is -0.378 e. The van der Waals surface area contributed by atoms with Crippen LogP contribution in [0.5, 0.6) is 0 Å². The molecule has 150 valence electrons. The molecule has 9 heteroatoms. The summed E-state index contributed by atoms with van der Waals surface area (Å²) in [5.41, 5.74) is 2.01. The second-order valence-corrected chi connectivity index (χ2v) is 6.80. The number of amides is 1. The van der Waals surface area contributed by atoms with Crippen molar-refractivity contribution in [2.24, 2.45) is 0 Å². The van der Waals surface area contributed by atoms with Crippen molar-refractivity contribution in [2.75, 3.05) is 31.2 Å². The lowest BCUT2D eigenvalue weighted by molar-refractivity contribution is -0.124. The average molecular weight is 393 g/mol. The van der Waals surface area contributed by atoms with E-state index in [4.69, 9.17) is 4.74 Å². The topological polar surface area (TPSA) is 98.1 Å². The number of tetrazole rings is 1. The van der Waals surface area contributed by atoms with Gasteiger partial charge in [0.2, 0.25) is 5.91 Å². The van der Waals surface area contributed by atoms with Gasteiger partial charge in [0.25, 0.3) is 0 Å². The molecule has 1 N–H and O–H groups in total. The van der Waals surface area contributed by atoms with E-state index in [2.05, 4.69) is 30.7 Å². The molecule has 1 amide bonds. The van der Waals surface area contributed by atoms with E-state index >= 15 is 0 Å². The normalized spacial score (nSPS) is 15.1. The fraction of sp³-hybridized carbons (Fsp3) is 0.350. The molecule has 0 aliphatic carbocycles. The van der Waals surface area contributed by atoms with Gasteiger partial charge in [-0.05, 0) is 22.1 Å². The first kappa shape index (κ1) is 19.0. The molecule has 0 spiro atoms. The van der Waals surface area contributed by atoms with E-state index < -0.39 is 6.04 Å². The predicted molar refractivity (Wildman–Crippen MR) is 106 cm³/mol. The van der Waals surface area contributed by atoms with E-state index in [0.29, 0.717) is 26.2 Å². The Morgan fingerprint density at radius 2 is 1.97 bits per heavy atom. The molecule has 0 saturated carbocycles. The summed E-state index contributed by atoms with van der Waals surface area (Å²) in [6.45, 7) is 3.33. The Labute approximate surface area is 168 Å². The van der Waals surface area contributed by atoms with E-state index in [9.17, 15) is 4.79 Å². The van der Waals surface area contributed by atoms with Crippen LogP contribution in [0.25, 0.3) is 0 Å². The molecule has 1 saturated heterocycles. The molecule has 1 unspecified atom stereocenters. The van der Waals surface area contributed by atoms with Crippen LogP contribution in [0.1, 0.15) is 17.2 Å². The quantitative estimate of drug-likeness (QED) is 0.640. The Bertz CT molecular complexity index is 912. The number of hydrogen-bond donors (Lipinski definition) is 1. The minimum atomic E-state index is -0.532. The largest absolute Gasteiger partial charge is 0.378 e. The molecule has 1 fully saturated rings. The standard InChI is InChI=1S/C20H23N7O2/c28-20(18(27-15-23-24-25-27)13-16-5-2-1-3-6-16)22-14-17-7-4-8-21-19(17)26-9-11-29-12-10-26/h1-8,15,18H,9-14H2,(H,22,28). The molecule has 29 heavy (non-hydrogen) atoms. The van der Waals surface area contributed by atoms with Gasteiger partial charge in [0.1, 0.15) is 18.2 Å². The fourth-order valence-electron chi connectivity index (χ4n) is 3.38. The third kappa shape index (κ3) is 4.75. The summed E-state index contributed by atoms with van der Waals surface area (Å²) in [4.78, 5) is 19.7. The van der Waals surface area contributed by atoms with Crippen LogP contribution in [-0.2, 0) is 22.5 Å². The zero-order valence-corrected chi connectivity index (χ0v) is 16.0. The van der Waals surface area contributed by atoms with Crippen molar-refractivity contribution < 1.29 is 9.53 Å². The second-order valence-electron chi connectivity index (χ2n) is 6.80. The predicted octanol–water partition coefficient (Wildman–Crippen LogP) is 1.00. The third-order valence-corrected chi connectivity index (χ3v) is 4.89. The molecule has 4 rings (SSSR count). The SMILES string of the molecule is O=C(NCc1cccnc1N1CCOCC1)C(Cc1ccccc1)n1cnnn1. The molecule has 3 heterocycles. The number of aromatic nitrogens is 5. The molecule has 0 radical (unpaired) electrons. The van der Waals surface area contributed by atoms with Gasteiger partial charge >= 0.3 is 0 Å². The zero-order chi connectivity index (χ0) is 19.9. The van der Waals surface area contributed by atoms with Crippen LogP contribution in [0.2, 0.25) is 0 Å². The number of carbonyl (C=O) groups is 1. The maximum Gasteiger partial charge on any atom is 0.245 e. The van der Waals surface area contributed by atoms with Crippen LogP contribution in [0.4, 0.5) is 5.82 Å². The van der Waals surface area contributed by atoms with Crippen LogP contribution >= 0.6 is 0 Å². The number of anilines is 1. The average Bonchev–Trinajstić information content (AvgIpc) is 3.32. The van der Waals surface area contributed by atoms with Crippen molar-refractivity contribution in [3.05, 3.63) is 66.1 Å². The highest BCUT2D eigenvalue weighted by molar-refractivity contribution is 5.80. The molecule has 0 bridgehead atoms. The molecule has 1 atom stereocenters. The van der Waals surface area contributed by atoms with Gasteiger partial charge < -0.3 is 15.0 Å². The van der Waals surface area contributed by atoms with Crippen LogP contribution in [-0.4, -0.2) is 57.4 Å².